The molecular formula is C41H70O14. The lowest BCUT2D eigenvalue weighted by Crippen LogP contribution is -2.71. The largest absolute Gasteiger partial charge is 0.394 e. The van der Waals surface area contributed by atoms with Gasteiger partial charge in [0.25, 0.3) is 0 Å². The molecule has 4 aliphatic carbocycles. The maximum atomic E-state index is 12.4. The Morgan fingerprint density at radius 3 is 2.07 bits per heavy atom. The molecule has 0 radical (unpaired) electrons. The zero-order valence-corrected chi connectivity index (χ0v) is 34.0. The zero-order valence-electron chi connectivity index (χ0n) is 34.0. The van der Waals surface area contributed by atoms with Crippen molar-refractivity contribution in [3.8, 4) is 0 Å². The van der Waals surface area contributed by atoms with E-state index in [4.69, 9.17) is 23.7 Å². The smallest absolute Gasteiger partial charge is 0.187 e. The molecule has 55 heavy (non-hydrogen) atoms. The molecule has 0 unspecified atom stereocenters. The molecule has 0 aromatic heterocycles. The van der Waals surface area contributed by atoms with E-state index in [9.17, 15) is 46.0 Å². The average molecular weight is 787 g/mol. The molecule has 0 aromatic rings. The van der Waals surface area contributed by atoms with Crippen molar-refractivity contribution in [3.63, 3.8) is 0 Å². The van der Waals surface area contributed by atoms with E-state index in [1.807, 2.05) is 0 Å². The molecule has 21 atom stereocenters. The van der Waals surface area contributed by atoms with Gasteiger partial charge in [0.1, 0.15) is 42.7 Å². The SMILES string of the molecule is CC(C)(O)[C@@H]1CC[C@@](C)([C@H]2CC[C@]3(C)[C@@H]2[C@H](O)C[C@@H]2[C@@]4(C)CC[C@H](O)C(C)(C)[C@@H]4[C@@H](O[C@@H]4O[C@H](CO)[C@@H](O)[C@H](O)[C@H]4O[C@@H]4OC[C@@H](O)[C@H](O)[C@H]4O)C[C@]23C)O1. The van der Waals surface area contributed by atoms with E-state index in [2.05, 4.69) is 41.5 Å². The molecule has 0 spiro atoms. The molecule has 3 heterocycles. The van der Waals surface area contributed by atoms with Crippen LogP contribution in [0.5, 0.6) is 0 Å². The maximum absolute atomic E-state index is 12.4. The van der Waals surface area contributed by atoms with Crippen LogP contribution in [0.15, 0.2) is 0 Å². The van der Waals surface area contributed by atoms with E-state index >= 15 is 0 Å². The summed E-state index contributed by atoms with van der Waals surface area (Å²) < 4.78 is 31.6. The summed E-state index contributed by atoms with van der Waals surface area (Å²) in [7, 11) is 0. The molecular weight excluding hydrogens is 716 g/mol. The maximum Gasteiger partial charge on any atom is 0.187 e. The summed E-state index contributed by atoms with van der Waals surface area (Å²) in [6.45, 7) is 15.8. The third-order valence-electron chi connectivity index (χ3n) is 17.0. The van der Waals surface area contributed by atoms with Gasteiger partial charge in [-0.25, -0.2) is 0 Å². The molecule has 7 fully saturated rings. The number of hydrogen-bond acceptors (Lipinski definition) is 14. The van der Waals surface area contributed by atoms with Gasteiger partial charge in [-0.05, 0) is 117 Å². The predicted molar refractivity (Wildman–Crippen MR) is 196 cm³/mol. The Kier molecular flexibility index (Phi) is 11.1. The zero-order chi connectivity index (χ0) is 40.4. The molecule has 3 aliphatic heterocycles. The van der Waals surface area contributed by atoms with Gasteiger partial charge in [-0.1, -0.05) is 34.6 Å². The van der Waals surface area contributed by atoms with Crippen molar-refractivity contribution in [2.45, 2.75) is 198 Å². The van der Waals surface area contributed by atoms with Crippen molar-refractivity contribution in [2.75, 3.05) is 13.2 Å². The third-order valence-corrected chi connectivity index (χ3v) is 17.0. The summed E-state index contributed by atoms with van der Waals surface area (Å²) in [4.78, 5) is 0. The highest BCUT2D eigenvalue weighted by Crippen LogP contribution is 2.76. The van der Waals surface area contributed by atoms with Gasteiger partial charge in [0.2, 0.25) is 0 Å². The highest BCUT2D eigenvalue weighted by Gasteiger charge is 2.74. The van der Waals surface area contributed by atoms with Gasteiger partial charge in [-0.15, -0.1) is 0 Å². The molecule has 0 aromatic carbocycles. The van der Waals surface area contributed by atoms with Crippen LogP contribution in [0.1, 0.15) is 107 Å². The van der Waals surface area contributed by atoms with Crippen LogP contribution in [-0.4, -0.2) is 150 Å². The van der Waals surface area contributed by atoms with Gasteiger partial charge in [0.05, 0.1) is 48.8 Å². The minimum Gasteiger partial charge on any atom is -0.394 e. The number of fused-ring (bicyclic) bond motifs is 5. The van der Waals surface area contributed by atoms with E-state index in [1.165, 1.54) is 0 Å². The van der Waals surface area contributed by atoms with Crippen molar-refractivity contribution < 1.29 is 69.6 Å². The molecule has 0 bridgehead atoms. The fourth-order valence-corrected chi connectivity index (χ4v) is 13.9. The number of aliphatic hydroxyl groups is 9. The van der Waals surface area contributed by atoms with Gasteiger partial charge in [0, 0.05) is 0 Å². The van der Waals surface area contributed by atoms with Gasteiger partial charge in [0.15, 0.2) is 12.6 Å². The average Bonchev–Trinajstić information content (AvgIpc) is 3.70. The summed E-state index contributed by atoms with van der Waals surface area (Å²) in [5.74, 6) is -0.233. The van der Waals surface area contributed by atoms with Crippen molar-refractivity contribution in [2.24, 2.45) is 45.3 Å². The molecule has 0 amide bonds. The second-order valence-corrected chi connectivity index (χ2v) is 20.8. The third kappa shape index (κ3) is 6.50. The Bertz CT molecular complexity index is 1390. The van der Waals surface area contributed by atoms with E-state index in [1.54, 1.807) is 13.8 Å². The first kappa shape index (κ1) is 42.6. The highest BCUT2D eigenvalue weighted by molar-refractivity contribution is 5.22. The number of ether oxygens (including phenoxy) is 5. The second-order valence-electron chi connectivity index (χ2n) is 20.8. The van der Waals surface area contributed by atoms with Gasteiger partial charge < -0.3 is 69.6 Å². The van der Waals surface area contributed by atoms with Crippen molar-refractivity contribution in [1.29, 1.82) is 0 Å². The number of aliphatic hydroxyl groups excluding tert-OH is 8. The van der Waals surface area contributed by atoms with Crippen molar-refractivity contribution in [3.05, 3.63) is 0 Å². The fraction of sp³-hybridized carbons (Fsp3) is 1.00. The Morgan fingerprint density at radius 1 is 0.745 bits per heavy atom. The van der Waals surface area contributed by atoms with E-state index in [-0.39, 0.29) is 41.8 Å². The van der Waals surface area contributed by atoms with Crippen LogP contribution in [0.2, 0.25) is 0 Å². The van der Waals surface area contributed by atoms with Crippen LogP contribution < -0.4 is 0 Å². The highest BCUT2D eigenvalue weighted by atomic mass is 16.8. The summed E-state index contributed by atoms with van der Waals surface area (Å²) in [5, 5.41) is 98.7. The van der Waals surface area contributed by atoms with Crippen LogP contribution in [0.25, 0.3) is 0 Å². The normalized spacial score (nSPS) is 56.8. The number of rotatable bonds is 7. The monoisotopic (exact) mass is 786 g/mol. The summed E-state index contributed by atoms with van der Waals surface area (Å²) >= 11 is 0. The van der Waals surface area contributed by atoms with Crippen LogP contribution in [0.4, 0.5) is 0 Å². The van der Waals surface area contributed by atoms with Crippen molar-refractivity contribution >= 4 is 0 Å². The molecule has 7 aliphatic rings. The molecule has 3 saturated heterocycles. The van der Waals surface area contributed by atoms with E-state index < -0.39 is 108 Å². The second kappa shape index (κ2) is 14.3. The minimum atomic E-state index is -1.68. The standard InChI is InChI=1S/C41H70O14/c1-36(2)25(45)10-12-38(5)24-15-20(43)27-19(41(8)14-11-26(55-41)37(3,4)50)9-13-39(27,6)40(24,7)16-22(33(36)38)52-35-32(30(48)29(47)23(17-42)53-35)54-34-31(49)28(46)21(44)18-51-34/h19-35,42-50H,9-18H2,1-8H3/t19-,20+,21+,22-,23+,24+,25-,26-,27-,28-,29+,30-,31+,32+,33-,34-,35+,38+,39+,40+,41-/m0/s1. The van der Waals surface area contributed by atoms with Crippen LogP contribution >= 0.6 is 0 Å². The molecule has 7 rings (SSSR count). The van der Waals surface area contributed by atoms with E-state index in [0.29, 0.717) is 25.7 Å². The predicted octanol–water partition coefficient (Wildman–Crippen LogP) is 0.970. The van der Waals surface area contributed by atoms with E-state index in [0.717, 1.165) is 25.7 Å². The lowest BCUT2D eigenvalue weighted by atomic mass is 9.34. The number of hydrogen-bond donors (Lipinski definition) is 9. The molecule has 4 saturated carbocycles. The van der Waals surface area contributed by atoms with Gasteiger partial charge in [-0.3, -0.25) is 0 Å². The Labute approximate surface area is 325 Å². The lowest BCUT2D eigenvalue weighted by molar-refractivity contribution is -0.377. The molecule has 9 N–H and O–H groups in total. The Hall–Kier alpha value is -0.560. The Balaban J connectivity index is 1.25. The summed E-state index contributed by atoms with van der Waals surface area (Å²) in [5.41, 5.74) is -3.33. The first-order valence-corrected chi connectivity index (χ1v) is 20.8. The lowest BCUT2D eigenvalue weighted by Gasteiger charge is -2.72. The Morgan fingerprint density at radius 2 is 1.44 bits per heavy atom. The van der Waals surface area contributed by atoms with Crippen molar-refractivity contribution in [1.82, 2.24) is 0 Å². The topological polar surface area (TPSA) is 228 Å². The first-order chi connectivity index (χ1) is 25.4. The van der Waals surface area contributed by atoms with Gasteiger partial charge >= 0.3 is 0 Å². The summed E-state index contributed by atoms with van der Waals surface area (Å²) in [6.07, 6.45) is -9.89. The fourth-order valence-electron chi connectivity index (χ4n) is 13.9. The van der Waals surface area contributed by atoms with Crippen LogP contribution in [0.3, 0.4) is 0 Å². The van der Waals surface area contributed by atoms with Crippen LogP contribution in [-0.2, 0) is 23.7 Å². The quantitative estimate of drug-likeness (QED) is 0.164. The first-order valence-electron chi connectivity index (χ1n) is 20.8. The molecule has 14 heteroatoms. The molecule has 14 nitrogen and oxygen atoms in total. The van der Waals surface area contributed by atoms with Gasteiger partial charge in [-0.2, -0.15) is 0 Å². The van der Waals surface area contributed by atoms with Crippen LogP contribution in [0, 0.1) is 45.3 Å². The molecule has 318 valence electrons. The minimum absolute atomic E-state index is 0.0590. The summed E-state index contributed by atoms with van der Waals surface area (Å²) in [6, 6.07) is 0.